The molecule has 1 aliphatic heterocycles. The van der Waals surface area contributed by atoms with Crippen LogP contribution in [0.3, 0.4) is 0 Å². The van der Waals surface area contributed by atoms with Gasteiger partial charge in [0.25, 0.3) is 0 Å². The van der Waals surface area contributed by atoms with Crippen molar-refractivity contribution in [2.45, 2.75) is 12.8 Å². The number of esters is 1. The highest BCUT2D eigenvalue weighted by molar-refractivity contribution is 5.98. The van der Waals surface area contributed by atoms with Crippen LogP contribution in [0.4, 0.5) is 0 Å². The molecule has 0 saturated heterocycles. The highest BCUT2D eigenvalue weighted by Crippen LogP contribution is 2.38. The zero-order valence-corrected chi connectivity index (χ0v) is 17.2. The van der Waals surface area contributed by atoms with Crippen molar-refractivity contribution >= 4 is 11.8 Å². The third-order valence-corrected chi connectivity index (χ3v) is 4.51. The van der Waals surface area contributed by atoms with Gasteiger partial charge in [-0.1, -0.05) is 0 Å². The Kier molecular flexibility index (Phi) is 7.00. The van der Waals surface area contributed by atoms with Crippen LogP contribution in [-0.2, 0) is 16.0 Å². The molecule has 0 aromatic heterocycles. The van der Waals surface area contributed by atoms with Crippen molar-refractivity contribution in [3.63, 3.8) is 0 Å². The van der Waals surface area contributed by atoms with Crippen molar-refractivity contribution in [2.24, 2.45) is 0 Å². The first-order valence-corrected chi connectivity index (χ1v) is 9.43. The van der Waals surface area contributed by atoms with E-state index in [0.29, 0.717) is 53.1 Å². The van der Waals surface area contributed by atoms with Crippen LogP contribution in [0.2, 0.25) is 0 Å². The minimum Gasteiger partial charge on any atom is -0.493 e. The Morgan fingerprint density at radius 3 is 2.20 bits per heavy atom. The number of carbonyl (C=O) groups excluding carboxylic acids is 2. The number of rotatable bonds is 8. The Bertz CT molecular complexity index is 896. The summed E-state index contributed by atoms with van der Waals surface area (Å²) in [5.41, 5.74) is 0.998. The lowest BCUT2D eigenvalue weighted by Crippen LogP contribution is -2.16. The van der Waals surface area contributed by atoms with Crippen LogP contribution in [0.1, 0.15) is 22.3 Å². The van der Waals surface area contributed by atoms with Gasteiger partial charge >= 0.3 is 5.97 Å². The van der Waals surface area contributed by atoms with E-state index < -0.39 is 5.97 Å². The minimum atomic E-state index is -0.549. The monoisotopic (exact) mass is 416 g/mol. The molecule has 2 aromatic carbocycles. The van der Waals surface area contributed by atoms with Gasteiger partial charge in [-0.15, -0.1) is 0 Å². The Morgan fingerprint density at radius 2 is 1.57 bits per heavy atom. The van der Waals surface area contributed by atoms with Crippen molar-refractivity contribution in [3.8, 4) is 28.7 Å². The fraction of sp³-hybridized carbons (Fsp3) is 0.364. The Balaban J connectivity index is 1.62. The first kappa shape index (κ1) is 21.3. The first-order chi connectivity index (χ1) is 14.5. The quantitative estimate of drug-likeness (QED) is 0.479. The van der Waals surface area contributed by atoms with Crippen molar-refractivity contribution in [3.05, 3.63) is 41.5 Å². The molecule has 1 aliphatic rings. The van der Waals surface area contributed by atoms with E-state index in [0.717, 1.165) is 6.42 Å². The zero-order chi connectivity index (χ0) is 21.5. The molecule has 0 aliphatic carbocycles. The molecule has 0 fully saturated rings. The SMILES string of the molecule is COc1cc(CC(=O)OCC(=O)c2ccc3c(c2)OCCCO3)cc(OC)c1OC. The van der Waals surface area contributed by atoms with Crippen LogP contribution >= 0.6 is 0 Å². The fourth-order valence-corrected chi connectivity index (χ4v) is 3.02. The average molecular weight is 416 g/mol. The molecule has 0 N–H and O–H groups in total. The second kappa shape index (κ2) is 9.87. The summed E-state index contributed by atoms with van der Waals surface area (Å²) in [4.78, 5) is 24.7. The summed E-state index contributed by atoms with van der Waals surface area (Å²) < 4.78 is 32.1. The van der Waals surface area contributed by atoms with E-state index in [1.54, 1.807) is 30.3 Å². The van der Waals surface area contributed by atoms with E-state index in [2.05, 4.69) is 0 Å². The van der Waals surface area contributed by atoms with E-state index in [9.17, 15) is 9.59 Å². The maximum absolute atomic E-state index is 12.4. The van der Waals surface area contributed by atoms with Crippen molar-refractivity contribution in [1.82, 2.24) is 0 Å². The molecule has 30 heavy (non-hydrogen) atoms. The minimum absolute atomic E-state index is 0.0505. The predicted molar refractivity (Wildman–Crippen MR) is 107 cm³/mol. The van der Waals surface area contributed by atoms with Gasteiger partial charge in [-0.25, -0.2) is 0 Å². The maximum atomic E-state index is 12.4. The van der Waals surface area contributed by atoms with E-state index in [-0.39, 0.29) is 18.8 Å². The van der Waals surface area contributed by atoms with Gasteiger partial charge in [0, 0.05) is 12.0 Å². The third-order valence-electron chi connectivity index (χ3n) is 4.51. The summed E-state index contributed by atoms with van der Waals surface area (Å²) in [6.45, 7) is 0.718. The molecule has 0 spiro atoms. The highest BCUT2D eigenvalue weighted by atomic mass is 16.5. The number of hydrogen-bond donors (Lipinski definition) is 0. The standard InChI is InChI=1S/C22H24O8/c1-25-19-9-14(10-20(26-2)22(19)27-3)11-21(24)30-13-16(23)15-5-6-17-18(12-15)29-8-4-7-28-17/h5-6,9-10,12H,4,7-8,11,13H2,1-3H3. The smallest absolute Gasteiger partial charge is 0.310 e. The van der Waals surface area contributed by atoms with E-state index in [1.165, 1.54) is 21.3 Å². The van der Waals surface area contributed by atoms with Crippen LogP contribution in [0, 0.1) is 0 Å². The van der Waals surface area contributed by atoms with Gasteiger partial charge < -0.3 is 28.4 Å². The topological polar surface area (TPSA) is 89.5 Å². The summed E-state index contributed by atoms with van der Waals surface area (Å²) in [6, 6.07) is 8.24. The molecule has 0 unspecified atom stereocenters. The molecular formula is C22H24O8. The van der Waals surface area contributed by atoms with Crippen LogP contribution in [0.15, 0.2) is 30.3 Å². The van der Waals surface area contributed by atoms with Crippen LogP contribution in [-0.4, -0.2) is 52.9 Å². The Morgan fingerprint density at radius 1 is 0.900 bits per heavy atom. The zero-order valence-electron chi connectivity index (χ0n) is 17.2. The molecule has 2 aromatic rings. The molecule has 0 amide bonds. The van der Waals surface area contributed by atoms with Gasteiger partial charge in [-0.2, -0.15) is 0 Å². The number of hydrogen-bond acceptors (Lipinski definition) is 8. The van der Waals surface area contributed by atoms with Gasteiger partial charge in [0.05, 0.1) is 41.0 Å². The molecule has 0 atom stereocenters. The van der Waals surface area contributed by atoms with Gasteiger partial charge in [-0.05, 0) is 35.9 Å². The number of benzene rings is 2. The molecule has 8 nitrogen and oxygen atoms in total. The lowest BCUT2D eigenvalue weighted by atomic mass is 10.1. The number of ketones is 1. The largest absolute Gasteiger partial charge is 0.493 e. The van der Waals surface area contributed by atoms with Crippen LogP contribution in [0.5, 0.6) is 28.7 Å². The van der Waals surface area contributed by atoms with Crippen LogP contribution < -0.4 is 23.7 Å². The molecule has 3 rings (SSSR count). The molecule has 1 heterocycles. The van der Waals surface area contributed by atoms with Gasteiger partial charge in [0.1, 0.15) is 0 Å². The second-order valence-electron chi connectivity index (χ2n) is 6.51. The number of ether oxygens (including phenoxy) is 6. The summed E-state index contributed by atoms with van der Waals surface area (Å²) in [5, 5.41) is 0. The molecular weight excluding hydrogens is 392 g/mol. The predicted octanol–water partition coefficient (Wildman–Crippen LogP) is 2.84. The highest BCUT2D eigenvalue weighted by Gasteiger charge is 2.18. The van der Waals surface area contributed by atoms with Gasteiger partial charge in [0.15, 0.2) is 35.4 Å². The van der Waals surface area contributed by atoms with Crippen molar-refractivity contribution in [1.29, 1.82) is 0 Å². The normalized spacial score (nSPS) is 12.5. The summed E-state index contributed by atoms with van der Waals surface area (Å²) in [5.74, 6) is 1.54. The number of fused-ring (bicyclic) bond motifs is 1. The molecule has 0 saturated carbocycles. The Hall–Kier alpha value is -3.42. The number of Topliss-reactive ketones (excluding diaryl/α,β-unsaturated/α-hetero) is 1. The number of methoxy groups -OCH3 is 3. The van der Waals surface area contributed by atoms with E-state index in [4.69, 9.17) is 28.4 Å². The van der Waals surface area contributed by atoms with Gasteiger partial charge in [-0.3, -0.25) is 9.59 Å². The fourth-order valence-electron chi connectivity index (χ4n) is 3.02. The third kappa shape index (κ3) is 4.94. The number of carbonyl (C=O) groups is 2. The lowest BCUT2D eigenvalue weighted by Gasteiger charge is -2.14. The van der Waals surface area contributed by atoms with Gasteiger partial charge in [0.2, 0.25) is 5.75 Å². The van der Waals surface area contributed by atoms with E-state index in [1.807, 2.05) is 0 Å². The molecule has 0 radical (unpaired) electrons. The van der Waals surface area contributed by atoms with Crippen LogP contribution in [0.25, 0.3) is 0 Å². The first-order valence-electron chi connectivity index (χ1n) is 9.43. The van der Waals surface area contributed by atoms with Crippen molar-refractivity contribution in [2.75, 3.05) is 41.2 Å². The van der Waals surface area contributed by atoms with E-state index >= 15 is 0 Å². The summed E-state index contributed by atoms with van der Waals surface area (Å²) in [6.07, 6.45) is 0.724. The average Bonchev–Trinajstić information content (AvgIpc) is 3.01. The lowest BCUT2D eigenvalue weighted by molar-refractivity contribution is -0.141. The molecule has 0 bridgehead atoms. The van der Waals surface area contributed by atoms with Crippen molar-refractivity contribution < 1.29 is 38.0 Å². The summed E-state index contributed by atoms with van der Waals surface area (Å²) in [7, 11) is 4.49. The second-order valence-corrected chi connectivity index (χ2v) is 6.51. The Labute approximate surface area is 174 Å². The summed E-state index contributed by atoms with van der Waals surface area (Å²) >= 11 is 0. The molecule has 160 valence electrons. The maximum Gasteiger partial charge on any atom is 0.310 e. The molecule has 8 heteroatoms.